The lowest BCUT2D eigenvalue weighted by Gasteiger charge is -2.32. The first-order valence-corrected chi connectivity index (χ1v) is 7.46. The molecule has 5 nitrogen and oxygen atoms in total. The molecular weight excluding hydrogens is 324 g/mol. The number of nitrogens with zero attached hydrogens (tertiary/aromatic N) is 1. The number of anilines is 1. The number of carboxylic acids is 1. The van der Waals surface area contributed by atoms with E-state index in [-0.39, 0.29) is 12.3 Å². The lowest BCUT2D eigenvalue weighted by Crippen LogP contribution is -2.37. The van der Waals surface area contributed by atoms with Crippen molar-refractivity contribution in [2.45, 2.75) is 38.5 Å². The van der Waals surface area contributed by atoms with E-state index < -0.39 is 11.4 Å². The van der Waals surface area contributed by atoms with Gasteiger partial charge in [-0.25, -0.2) is 4.98 Å². The second-order valence-corrected chi connectivity index (χ2v) is 6.15. The van der Waals surface area contributed by atoms with Gasteiger partial charge in [0.15, 0.2) is 0 Å². The van der Waals surface area contributed by atoms with Crippen molar-refractivity contribution in [1.29, 1.82) is 0 Å². The SMILES string of the molecule is O=C(CC1(C(=O)O)CCCCC1)Nc1ccc(Br)cn1. The Hall–Kier alpha value is -1.43. The average Bonchev–Trinajstić information content (AvgIpc) is 2.42. The van der Waals surface area contributed by atoms with Crippen molar-refractivity contribution in [2.24, 2.45) is 5.41 Å². The predicted molar refractivity (Wildman–Crippen MR) is 78.3 cm³/mol. The Morgan fingerprint density at radius 2 is 2.00 bits per heavy atom. The molecule has 1 aliphatic rings. The Morgan fingerprint density at radius 1 is 1.30 bits per heavy atom. The molecule has 0 aromatic carbocycles. The van der Waals surface area contributed by atoms with Gasteiger partial charge >= 0.3 is 5.97 Å². The highest BCUT2D eigenvalue weighted by Gasteiger charge is 2.41. The van der Waals surface area contributed by atoms with Gasteiger partial charge in [0.05, 0.1) is 5.41 Å². The van der Waals surface area contributed by atoms with E-state index in [9.17, 15) is 14.7 Å². The molecule has 0 bridgehead atoms. The zero-order chi connectivity index (χ0) is 14.6. The number of hydrogen-bond donors (Lipinski definition) is 2. The van der Waals surface area contributed by atoms with Crippen molar-refractivity contribution in [3.8, 4) is 0 Å². The Balaban J connectivity index is 2.01. The van der Waals surface area contributed by atoms with Crippen LogP contribution >= 0.6 is 15.9 Å². The highest BCUT2D eigenvalue weighted by atomic mass is 79.9. The largest absolute Gasteiger partial charge is 0.481 e. The first-order valence-electron chi connectivity index (χ1n) is 6.67. The number of carbonyl (C=O) groups is 2. The van der Waals surface area contributed by atoms with Crippen LogP contribution in [0.3, 0.4) is 0 Å². The topological polar surface area (TPSA) is 79.3 Å². The van der Waals surface area contributed by atoms with Crippen LogP contribution in [0.5, 0.6) is 0 Å². The molecule has 108 valence electrons. The van der Waals surface area contributed by atoms with Gasteiger partial charge in [-0.1, -0.05) is 19.3 Å². The molecule has 1 amide bonds. The van der Waals surface area contributed by atoms with Crippen molar-refractivity contribution >= 4 is 33.6 Å². The minimum Gasteiger partial charge on any atom is -0.481 e. The van der Waals surface area contributed by atoms with Crippen molar-refractivity contribution in [3.05, 3.63) is 22.8 Å². The molecule has 0 spiro atoms. The van der Waals surface area contributed by atoms with E-state index in [1.807, 2.05) is 0 Å². The van der Waals surface area contributed by atoms with Crippen molar-refractivity contribution in [2.75, 3.05) is 5.32 Å². The van der Waals surface area contributed by atoms with Crippen LogP contribution < -0.4 is 5.32 Å². The van der Waals surface area contributed by atoms with Crippen LogP contribution in [-0.4, -0.2) is 22.0 Å². The maximum atomic E-state index is 12.0. The summed E-state index contributed by atoms with van der Waals surface area (Å²) in [5.74, 6) is -0.713. The quantitative estimate of drug-likeness (QED) is 0.881. The number of pyridine rings is 1. The molecule has 6 heteroatoms. The highest BCUT2D eigenvalue weighted by molar-refractivity contribution is 9.10. The van der Waals surface area contributed by atoms with E-state index >= 15 is 0 Å². The second kappa shape index (κ2) is 6.35. The Kier molecular flexibility index (Phi) is 4.75. The third-order valence-electron chi connectivity index (χ3n) is 3.76. The Labute approximate surface area is 125 Å². The van der Waals surface area contributed by atoms with Gasteiger partial charge < -0.3 is 10.4 Å². The zero-order valence-electron chi connectivity index (χ0n) is 11.1. The normalized spacial score (nSPS) is 17.4. The lowest BCUT2D eigenvalue weighted by atomic mass is 9.71. The minimum atomic E-state index is -0.905. The minimum absolute atomic E-state index is 0.0140. The predicted octanol–water partition coefficient (Wildman–Crippen LogP) is 3.21. The molecule has 2 rings (SSSR count). The number of carbonyl (C=O) groups excluding carboxylic acids is 1. The summed E-state index contributed by atoms with van der Waals surface area (Å²) in [5.41, 5.74) is -0.905. The molecule has 1 fully saturated rings. The van der Waals surface area contributed by atoms with Crippen LogP contribution in [0.25, 0.3) is 0 Å². The molecular formula is C14H17BrN2O3. The molecule has 0 aliphatic heterocycles. The van der Waals surface area contributed by atoms with E-state index in [1.165, 1.54) is 0 Å². The van der Waals surface area contributed by atoms with Gasteiger partial charge in [0.1, 0.15) is 5.82 Å². The van der Waals surface area contributed by atoms with Crippen molar-refractivity contribution in [3.63, 3.8) is 0 Å². The summed E-state index contributed by atoms with van der Waals surface area (Å²) in [7, 11) is 0. The number of nitrogens with one attached hydrogen (secondary N) is 1. The zero-order valence-corrected chi connectivity index (χ0v) is 12.6. The maximum absolute atomic E-state index is 12.0. The smallest absolute Gasteiger partial charge is 0.310 e. The third-order valence-corrected chi connectivity index (χ3v) is 4.23. The molecule has 0 radical (unpaired) electrons. The van der Waals surface area contributed by atoms with Crippen LogP contribution in [0, 0.1) is 5.41 Å². The Bertz CT molecular complexity index is 496. The van der Waals surface area contributed by atoms with Crippen molar-refractivity contribution < 1.29 is 14.7 Å². The van der Waals surface area contributed by atoms with E-state index in [4.69, 9.17) is 0 Å². The molecule has 0 atom stereocenters. The summed E-state index contributed by atoms with van der Waals surface area (Å²) in [5, 5.41) is 12.1. The second-order valence-electron chi connectivity index (χ2n) is 5.23. The summed E-state index contributed by atoms with van der Waals surface area (Å²) in [6.07, 6.45) is 5.54. The van der Waals surface area contributed by atoms with Gasteiger partial charge in [-0.3, -0.25) is 9.59 Å². The molecule has 0 saturated heterocycles. The number of carboxylic acid groups (broad SMARTS) is 1. The van der Waals surface area contributed by atoms with Gasteiger partial charge in [0.2, 0.25) is 5.91 Å². The molecule has 20 heavy (non-hydrogen) atoms. The standard InChI is InChI=1S/C14H17BrN2O3/c15-10-4-5-11(16-9-10)17-12(18)8-14(13(19)20)6-2-1-3-7-14/h4-5,9H,1-3,6-8H2,(H,19,20)(H,16,17,18). The van der Waals surface area contributed by atoms with E-state index in [1.54, 1.807) is 18.3 Å². The monoisotopic (exact) mass is 340 g/mol. The molecule has 1 heterocycles. The van der Waals surface area contributed by atoms with Crippen LogP contribution in [0.2, 0.25) is 0 Å². The maximum Gasteiger partial charge on any atom is 0.310 e. The van der Waals surface area contributed by atoms with E-state index in [2.05, 4.69) is 26.2 Å². The molecule has 1 aliphatic carbocycles. The highest BCUT2D eigenvalue weighted by Crippen LogP contribution is 2.39. The van der Waals surface area contributed by atoms with Crippen LogP contribution in [0.1, 0.15) is 38.5 Å². The fraction of sp³-hybridized carbons (Fsp3) is 0.500. The molecule has 1 saturated carbocycles. The Morgan fingerprint density at radius 3 is 2.55 bits per heavy atom. The van der Waals surface area contributed by atoms with E-state index in [0.717, 1.165) is 23.7 Å². The number of aliphatic carboxylic acids is 1. The fourth-order valence-corrected chi connectivity index (χ4v) is 2.87. The van der Waals surface area contributed by atoms with Gasteiger partial charge in [-0.05, 0) is 40.9 Å². The number of amides is 1. The first kappa shape index (κ1) is 15.0. The third kappa shape index (κ3) is 3.56. The number of aromatic nitrogens is 1. The number of rotatable bonds is 4. The molecule has 0 unspecified atom stereocenters. The van der Waals surface area contributed by atoms with E-state index in [0.29, 0.717) is 18.7 Å². The van der Waals surface area contributed by atoms with Crippen LogP contribution in [0.4, 0.5) is 5.82 Å². The summed E-state index contributed by atoms with van der Waals surface area (Å²) >= 11 is 3.27. The summed E-state index contributed by atoms with van der Waals surface area (Å²) in [4.78, 5) is 27.6. The average molecular weight is 341 g/mol. The van der Waals surface area contributed by atoms with Gasteiger partial charge in [0, 0.05) is 17.1 Å². The summed E-state index contributed by atoms with van der Waals surface area (Å²) in [6.45, 7) is 0. The molecule has 1 aromatic heterocycles. The van der Waals surface area contributed by atoms with Crippen LogP contribution in [0.15, 0.2) is 22.8 Å². The van der Waals surface area contributed by atoms with Crippen LogP contribution in [-0.2, 0) is 9.59 Å². The number of hydrogen-bond acceptors (Lipinski definition) is 3. The lowest BCUT2D eigenvalue weighted by molar-refractivity contribution is -0.153. The fourth-order valence-electron chi connectivity index (χ4n) is 2.64. The molecule has 2 N–H and O–H groups in total. The van der Waals surface area contributed by atoms with Gasteiger partial charge in [0.25, 0.3) is 0 Å². The van der Waals surface area contributed by atoms with Crippen molar-refractivity contribution in [1.82, 2.24) is 4.98 Å². The van der Waals surface area contributed by atoms with Gasteiger partial charge in [-0.15, -0.1) is 0 Å². The summed E-state index contributed by atoms with van der Waals surface area (Å²) < 4.78 is 0.824. The van der Waals surface area contributed by atoms with Gasteiger partial charge in [-0.2, -0.15) is 0 Å². The molecule has 1 aromatic rings. The first-order chi connectivity index (χ1) is 9.52. The summed E-state index contributed by atoms with van der Waals surface area (Å²) in [6, 6.07) is 3.45. The number of halogens is 1.